The van der Waals surface area contributed by atoms with Crippen LogP contribution in [0.3, 0.4) is 0 Å². The molecule has 0 aliphatic heterocycles. The second-order valence-electron chi connectivity index (χ2n) is 8.65. The molecule has 0 aliphatic rings. The molecular weight excluding hydrogens is 346 g/mol. The molecule has 0 unspecified atom stereocenters. The van der Waals surface area contributed by atoms with Gasteiger partial charge < -0.3 is 4.74 Å². The van der Waals surface area contributed by atoms with Crippen LogP contribution in [0.1, 0.15) is 52.7 Å². The summed E-state index contributed by atoms with van der Waals surface area (Å²) >= 11 is 0. The maximum Gasteiger partial charge on any atom is 0.301 e. The maximum absolute atomic E-state index is 11.1. The number of hydrogen-bond acceptors (Lipinski definition) is 6. The topological polar surface area (TPSA) is 91.3 Å². The number of nitrogens with zero attached hydrogens (tertiary/aromatic N) is 3. The van der Waals surface area contributed by atoms with Gasteiger partial charge in [0.25, 0.3) is 0 Å². The largest absolute Gasteiger partial charge is 0.455 e. The Morgan fingerprint density at radius 3 is 2.00 bits per heavy atom. The third-order valence-corrected chi connectivity index (χ3v) is 4.42. The summed E-state index contributed by atoms with van der Waals surface area (Å²) in [5.74, 6) is 1.01. The number of aromatic nitrogens is 2. The van der Waals surface area contributed by atoms with Gasteiger partial charge >= 0.3 is 5.69 Å². The fourth-order valence-corrected chi connectivity index (χ4v) is 2.71. The maximum atomic E-state index is 11.1. The summed E-state index contributed by atoms with van der Waals surface area (Å²) < 4.78 is 10.8. The van der Waals surface area contributed by atoms with Crippen molar-refractivity contribution in [3.63, 3.8) is 0 Å². The monoisotopic (exact) mass is 369 g/mol. The van der Waals surface area contributed by atoms with Crippen LogP contribution in [0.5, 0.6) is 11.5 Å². The normalized spacial score (nSPS) is 12.4. The van der Waals surface area contributed by atoms with E-state index in [9.17, 15) is 10.1 Å². The lowest BCUT2D eigenvalue weighted by atomic mass is 9.80. The van der Waals surface area contributed by atoms with Crippen LogP contribution < -0.4 is 4.74 Å². The summed E-state index contributed by atoms with van der Waals surface area (Å²) in [6.07, 6.45) is 0. The van der Waals surface area contributed by atoms with Gasteiger partial charge in [0.05, 0.1) is 4.92 Å². The summed E-state index contributed by atoms with van der Waals surface area (Å²) in [5, 5.41) is 18.6. The van der Waals surface area contributed by atoms with Crippen LogP contribution in [0.2, 0.25) is 0 Å². The Morgan fingerprint density at radius 1 is 0.926 bits per heavy atom. The Morgan fingerprint density at radius 2 is 1.48 bits per heavy atom. The Labute approximate surface area is 157 Å². The first-order valence-electron chi connectivity index (χ1n) is 8.70. The van der Waals surface area contributed by atoms with Gasteiger partial charge in [-0.2, -0.15) is 0 Å². The molecule has 1 aromatic heterocycles. The molecule has 0 aliphatic carbocycles. The molecule has 0 saturated heterocycles. The van der Waals surface area contributed by atoms with Gasteiger partial charge in [0.15, 0.2) is 11.3 Å². The van der Waals surface area contributed by atoms with Gasteiger partial charge in [-0.3, -0.25) is 10.1 Å². The van der Waals surface area contributed by atoms with Gasteiger partial charge in [0, 0.05) is 6.07 Å². The van der Waals surface area contributed by atoms with Crippen molar-refractivity contribution < 1.29 is 14.3 Å². The minimum Gasteiger partial charge on any atom is -0.455 e. The lowest BCUT2D eigenvalue weighted by molar-refractivity contribution is -0.383. The first kappa shape index (κ1) is 18.8. The van der Waals surface area contributed by atoms with E-state index in [0.29, 0.717) is 11.5 Å². The molecular formula is C20H23N3O4. The van der Waals surface area contributed by atoms with Crippen LogP contribution in [-0.4, -0.2) is 15.2 Å². The Kier molecular flexibility index (Phi) is 4.41. The molecule has 0 amide bonds. The average Bonchev–Trinajstić information content (AvgIpc) is 3.03. The van der Waals surface area contributed by atoms with Gasteiger partial charge in [-0.1, -0.05) is 47.6 Å². The number of fused-ring (bicyclic) bond motifs is 1. The van der Waals surface area contributed by atoms with Gasteiger partial charge in [0.2, 0.25) is 5.52 Å². The molecule has 0 radical (unpaired) electrons. The van der Waals surface area contributed by atoms with E-state index in [4.69, 9.17) is 9.37 Å². The molecule has 1 heterocycles. The third-order valence-electron chi connectivity index (χ3n) is 4.42. The van der Waals surface area contributed by atoms with Crippen molar-refractivity contribution in [2.24, 2.45) is 0 Å². The predicted octanol–water partition coefficient (Wildman–Crippen LogP) is 5.52. The van der Waals surface area contributed by atoms with E-state index in [1.807, 2.05) is 12.1 Å². The Balaban J connectivity index is 2.11. The van der Waals surface area contributed by atoms with E-state index in [1.165, 1.54) is 12.1 Å². The number of benzene rings is 2. The molecule has 0 bridgehead atoms. The standard InChI is InChI=1S/C20H23N3O4/c1-19(2,3)12-9-13(20(4,5)6)11-14(10-12)26-16-8-7-15(23(24)25)17-18(16)22-27-21-17/h7-11H,1-6H3. The van der Waals surface area contributed by atoms with Crippen molar-refractivity contribution >= 4 is 16.7 Å². The smallest absolute Gasteiger partial charge is 0.301 e. The minimum absolute atomic E-state index is 0.0559. The zero-order valence-corrected chi connectivity index (χ0v) is 16.4. The molecule has 3 rings (SSSR count). The molecule has 7 heteroatoms. The zero-order chi connectivity index (χ0) is 20.0. The van der Waals surface area contributed by atoms with E-state index in [2.05, 4.69) is 57.9 Å². The molecule has 27 heavy (non-hydrogen) atoms. The lowest BCUT2D eigenvalue weighted by Crippen LogP contribution is -2.16. The van der Waals surface area contributed by atoms with Crippen LogP contribution in [0.15, 0.2) is 35.0 Å². The number of non-ortho nitro benzene ring substituents is 1. The van der Waals surface area contributed by atoms with Crippen LogP contribution in [-0.2, 0) is 10.8 Å². The van der Waals surface area contributed by atoms with Crippen LogP contribution in [0, 0.1) is 10.1 Å². The van der Waals surface area contributed by atoms with Gasteiger partial charge in [-0.05, 0) is 50.5 Å². The highest BCUT2D eigenvalue weighted by Gasteiger charge is 2.23. The fourth-order valence-electron chi connectivity index (χ4n) is 2.71. The molecule has 7 nitrogen and oxygen atoms in total. The molecule has 3 aromatic rings. The fraction of sp³-hybridized carbons (Fsp3) is 0.400. The van der Waals surface area contributed by atoms with Crippen molar-refractivity contribution in [2.75, 3.05) is 0 Å². The quantitative estimate of drug-likeness (QED) is 0.446. The molecule has 0 atom stereocenters. The molecule has 0 fully saturated rings. The SMILES string of the molecule is CC(C)(C)c1cc(Oc2ccc([N+](=O)[O-])c3nonc23)cc(C(C)(C)C)c1. The summed E-state index contributed by atoms with van der Waals surface area (Å²) in [6, 6.07) is 9.02. The number of nitro groups is 1. The lowest BCUT2D eigenvalue weighted by Gasteiger charge is -2.26. The van der Waals surface area contributed by atoms with Crippen LogP contribution in [0.4, 0.5) is 5.69 Å². The van der Waals surface area contributed by atoms with Crippen LogP contribution in [0.25, 0.3) is 11.0 Å². The van der Waals surface area contributed by atoms with E-state index in [-0.39, 0.29) is 27.6 Å². The average molecular weight is 369 g/mol. The first-order chi connectivity index (χ1) is 12.5. The Bertz CT molecular complexity index is 978. The van der Waals surface area contributed by atoms with Crippen molar-refractivity contribution in [2.45, 2.75) is 52.4 Å². The summed E-state index contributed by atoms with van der Waals surface area (Å²) in [4.78, 5) is 10.6. The van der Waals surface area contributed by atoms with Crippen LogP contribution >= 0.6 is 0 Å². The minimum atomic E-state index is -0.520. The molecule has 2 aromatic carbocycles. The third kappa shape index (κ3) is 3.77. The summed E-state index contributed by atoms with van der Waals surface area (Å²) in [5.41, 5.74) is 2.29. The molecule has 0 N–H and O–H groups in total. The van der Waals surface area contributed by atoms with Gasteiger partial charge in [-0.25, -0.2) is 4.63 Å². The van der Waals surface area contributed by atoms with Gasteiger partial charge in [-0.15, -0.1) is 0 Å². The van der Waals surface area contributed by atoms with E-state index >= 15 is 0 Å². The highest BCUT2D eigenvalue weighted by atomic mass is 16.6. The highest BCUT2D eigenvalue weighted by Crippen LogP contribution is 2.37. The van der Waals surface area contributed by atoms with E-state index < -0.39 is 4.92 Å². The van der Waals surface area contributed by atoms with Crippen molar-refractivity contribution in [1.29, 1.82) is 0 Å². The Hall–Kier alpha value is -2.96. The van der Waals surface area contributed by atoms with E-state index in [0.717, 1.165) is 11.1 Å². The van der Waals surface area contributed by atoms with Crippen molar-refractivity contribution in [1.82, 2.24) is 10.3 Å². The van der Waals surface area contributed by atoms with Crippen molar-refractivity contribution in [3.8, 4) is 11.5 Å². The molecule has 142 valence electrons. The number of rotatable bonds is 3. The number of hydrogen-bond donors (Lipinski definition) is 0. The molecule has 0 spiro atoms. The first-order valence-corrected chi connectivity index (χ1v) is 8.70. The summed E-state index contributed by atoms with van der Waals surface area (Å²) in [7, 11) is 0. The van der Waals surface area contributed by atoms with Crippen molar-refractivity contribution in [3.05, 3.63) is 51.6 Å². The second-order valence-corrected chi connectivity index (χ2v) is 8.65. The van der Waals surface area contributed by atoms with Gasteiger partial charge in [0.1, 0.15) is 5.75 Å². The number of nitro benzene ring substituents is 1. The zero-order valence-electron chi connectivity index (χ0n) is 16.4. The highest BCUT2D eigenvalue weighted by molar-refractivity contribution is 5.88. The second kappa shape index (κ2) is 6.33. The number of ether oxygens (including phenoxy) is 1. The molecule has 0 saturated carbocycles. The summed E-state index contributed by atoms with van der Waals surface area (Å²) in [6.45, 7) is 12.9. The predicted molar refractivity (Wildman–Crippen MR) is 102 cm³/mol. The van der Waals surface area contributed by atoms with E-state index in [1.54, 1.807) is 0 Å².